The molecule has 2 aliphatic rings. The Balaban J connectivity index is 1.81. The zero-order valence-corrected chi connectivity index (χ0v) is 19.8. The number of amides is 1. The zero-order valence-electron chi connectivity index (χ0n) is 19.8. The molecular formula is C25H41NO5. The summed E-state index contributed by atoms with van der Waals surface area (Å²) in [4.78, 5) is 12.2. The van der Waals surface area contributed by atoms with E-state index < -0.39 is 0 Å². The lowest BCUT2D eigenvalue weighted by molar-refractivity contribution is -0.123. The summed E-state index contributed by atoms with van der Waals surface area (Å²) in [5.41, 5.74) is 1.19. The number of aliphatic hydroxyl groups is 1. The fourth-order valence-electron chi connectivity index (χ4n) is 4.07. The maximum absolute atomic E-state index is 12.2. The minimum absolute atomic E-state index is 0.00847. The van der Waals surface area contributed by atoms with E-state index in [0.29, 0.717) is 18.4 Å². The smallest absolute Gasteiger partial charge is 0.244 e. The predicted octanol–water partition coefficient (Wildman–Crippen LogP) is 3.56. The van der Waals surface area contributed by atoms with Crippen LogP contribution in [0.15, 0.2) is 36.0 Å². The van der Waals surface area contributed by atoms with Gasteiger partial charge in [0.15, 0.2) is 0 Å². The predicted molar refractivity (Wildman–Crippen MR) is 123 cm³/mol. The number of ether oxygens (including phenoxy) is 3. The highest BCUT2D eigenvalue weighted by atomic mass is 16.5. The molecule has 2 fully saturated rings. The first-order valence-electron chi connectivity index (χ1n) is 11.6. The Hall–Kier alpha value is -1.47. The largest absolute Gasteiger partial charge is 0.396 e. The van der Waals surface area contributed by atoms with Gasteiger partial charge in [0.1, 0.15) is 0 Å². The molecule has 0 aromatic rings. The third kappa shape index (κ3) is 8.89. The minimum Gasteiger partial charge on any atom is -0.396 e. The first-order chi connectivity index (χ1) is 14.8. The molecule has 6 heteroatoms. The van der Waals surface area contributed by atoms with Gasteiger partial charge in [0.05, 0.1) is 30.5 Å². The van der Waals surface area contributed by atoms with Crippen LogP contribution in [-0.2, 0) is 19.0 Å². The fourth-order valence-corrected chi connectivity index (χ4v) is 4.07. The first kappa shape index (κ1) is 25.8. The molecule has 0 aliphatic carbocycles. The molecule has 31 heavy (non-hydrogen) atoms. The van der Waals surface area contributed by atoms with E-state index in [2.05, 4.69) is 37.4 Å². The standard InChI is InChI=1S/C25H41NO5/c1-17(6-9-22-15-21(16-27)12-13-30-22)7-10-24-18(2)14-23(20(4)31-24)26-25(28)11-8-19(3)29-5/h6-9,11,18-24,27H,10,12-16H2,1-5H3,(H,26,28)/b9-6+,11-8-,17-7+/t18?,19?,20?,21?,22-,23?,24+/m1/s1. The fraction of sp³-hybridized carbons (Fsp3) is 0.720. The molecule has 2 N–H and O–H groups in total. The Morgan fingerprint density at radius 2 is 2.06 bits per heavy atom. The van der Waals surface area contributed by atoms with Crippen molar-refractivity contribution in [3.05, 3.63) is 36.0 Å². The summed E-state index contributed by atoms with van der Waals surface area (Å²) in [6, 6.07) is 0.00847. The summed E-state index contributed by atoms with van der Waals surface area (Å²) >= 11 is 0. The van der Waals surface area contributed by atoms with Crippen LogP contribution in [0.2, 0.25) is 0 Å². The Kier molecular flexibility index (Phi) is 10.9. The van der Waals surface area contributed by atoms with Crippen LogP contribution in [0, 0.1) is 11.8 Å². The zero-order chi connectivity index (χ0) is 22.8. The number of carbonyl (C=O) groups excluding carboxylic acids is 1. The number of rotatable bonds is 9. The quantitative estimate of drug-likeness (QED) is 0.428. The minimum atomic E-state index is -0.107. The molecule has 2 saturated heterocycles. The van der Waals surface area contributed by atoms with E-state index in [1.807, 2.05) is 13.8 Å². The highest BCUT2D eigenvalue weighted by Crippen LogP contribution is 2.28. The number of aliphatic hydroxyl groups excluding tert-OH is 1. The molecule has 0 radical (unpaired) electrons. The third-order valence-corrected chi connectivity index (χ3v) is 6.36. The van der Waals surface area contributed by atoms with Gasteiger partial charge in [0.2, 0.25) is 5.91 Å². The highest BCUT2D eigenvalue weighted by Gasteiger charge is 2.33. The van der Waals surface area contributed by atoms with Crippen LogP contribution in [0.4, 0.5) is 0 Å². The van der Waals surface area contributed by atoms with Gasteiger partial charge in [-0.15, -0.1) is 0 Å². The van der Waals surface area contributed by atoms with Crippen molar-refractivity contribution in [2.75, 3.05) is 20.3 Å². The van der Waals surface area contributed by atoms with Crippen molar-refractivity contribution < 1.29 is 24.1 Å². The van der Waals surface area contributed by atoms with E-state index in [-0.39, 0.29) is 43.0 Å². The molecule has 6 nitrogen and oxygen atoms in total. The summed E-state index contributed by atoms with van der Waals surface area (Å²) in [5, 5.41) is 12.4. The Morgan fingerprint density at radius 1 is 1.29 bits per heavy atom. The summed E-state index contributed by atoms with van der Waals surface area (Å²) < 4.78 is 17.1. The second kappa shape index (κ2) is 13.2. The van der Waals surface area contributed by atoms with Crippen molar-refractivity contribution in [3.63, 3.8) is 0 Å². The van der Waals surface area contributed by atoms with E-state index in [1.165, 1.54) is 11.6 Å². The van der Waals surface area contributed by atoms with Crippen molar-refractivity contribution in [3.8, 4) is 0 Å². The van der Waals surface area contributed by atoms with Gasteiger partial charge in [-0.2, -0.15) is 0 Å². The monoisotopic (exact) mass is 435 g/mol. The van der Waals surface area contributed by atoms with Crippen molar-refractivity contribution in [2.45, 2.75) is 83.8 Å². The molecule has 1 amide bonds. The molecule has 2 rings (SSSR count). The molecule has 176 valence electrons. The van der Waals surface area contributed by atoms with Crippen LogP contribution in [-0.4, -0.2) is 61.8 Å². The van der Waals surface area contributed by atoms with E-state index in [1.54, 1.807) is 13.2 Å². The lowest BCUT2D eigenvalue weighted by atomic mass is 9.88. The molecule has 0 aromatic carbocycles. The van der Waals surface area contributed by atoms with Gasteiger partial charge in [-0.3, -0.25) is 4.79 Å². The van der Waals surface area contributed by atoms with Gasteiger partial charge in [0, 0.05) is 26.4 Å². The average molecular weight is 436 g/mol. The van der Waals surface area contributed by atoms with Crippen molar-refractivity contribution in [2.24, 2.45) is 11.8 Å². The number of allylic oxidation sites excluding steroid dienone is 2. The maximum Gasteiger partial charge on any atom is 0.244 e. The van der Waals surface area contributed by atoms with Crippen LogP contribution < -0.4 is 5.32 Å². The van der Waals surface area contributed by atoms with E-state index in [4.69, 9.17) is 14.2 Å². The van der Waals surface area contributed by atoms with Crippen LogP contribution >= 0.6 is 0 Å². The lowest BCUT2D eigenvalue weighted by Crippen LogP contribution is -2.50. The van der Waals surface area contributed by atoms with Gasteiger partial charge in [-0.25, -0.2) is 0 Å². The second-order valence-electron chi connectivity index (χ2n) is 9.03. The number of methoxy groups -OCH3 is 1. The van der Waals surface area contributed by atoms with E-state index >= 15 is 0 Å². The maximum atomic E-state index is 12.2. The molecule has 5 unspecified atom stereocenters. The SMILES string of the molecule is COC(C)/C=C\C(=O)NC1CC(C)[C@H](C/C=C(C)/C=C/[C@@H]2CC(CO)CCO2)OC1C. The molecule has 0 saturated carbocycles. The van der Waals surface area contributed by atoms with Crippen molar-refractivity contribution >= 4 is 5.91 Å². The van der Waals surface area contributed by atoms with Crippen LogP contribution in [0.5, 0.6) is 0 Å². The molecule has 0 spiro atoms. The van der Waals surface area contributed by atoms with Crippen LogP contribution in [0.3, 0.4) is 0 Å². The number of hydrogen-bond acceptors (Lipinski definition) is 5. The Bertz CT molecular complexity index is 644. The highest BCUT2D eigenvalue weighted by molar-refractivity contribution is 5.87. The van der Waals surface area contributed by atoms with Crippen molar-refractivity contribution in [1.29, 1.82) is 0 Å². The van der Waals surface area contributed by atoms with Gasteiger partial charge in [-0.05, 0) is 58.3 Å². The molecule has 2 heterocycles. The summed E-state index contributed by atoms with van der Waals surface area (Å²) in [6.07, 6.45) is 13.4. The van der Waals surface area contributed by atoms with Crippen molar-refractivity contribution in [1.82, 2.24) is 5.32 Å². The summed E-state index contributed by atoms with van der Waals surface area (Å²) in [7, 11) is 1.62. The molecule has 2 aliphatic heterocycles. The number of nitrogens with one attached hydrogen (secondary N) is 1. The molecule has 7 atom stereocenters. The topological polar surface area (TPSA) is 77.0 Å². The van der Waals surface area contributed by atoms with Gasteiger partial charge in [-0.1, -0.05) is 36.8 Å². The van der Waals surface area contributed by atoms with E-state index in [0.717, 1.165) is 25.7 Å². The van der Waals surface area contributed by atoms with Gasteiger partial charge in [0.25, 0.3) is 0 Å². The Labute approximate surface area is 187 Å². The normalized spacial score (nSPS) is 33.7. The van der Waals surface area contributed by atoms with Crippen LogP contribution in [0.1, 0.15) is 53.4 Å². The van der Waals surface area contributed by atoms with Gasteiger partial charge >= 0.3 is 0 Å². The van der Waals surface area contributed by atoms with E-state index in [9.17, 15) is 9.90 Å². The lowest BCUT2D eigenvalue weighted by Gasteiger charge is -2.39. The molecule has 0 bridgehead atoms. The number of carbonyl (C=O) groups is 1. The number of hydrogen-bond donors (Lipinski definition) is 2. The first-order valence-corrected chi connectivity index (χ1v) is 11.6. The molecular weight excluding hydrogens is 394 g/mol. The Morgan fingerprint density at radius 3 is 2.77 bits per heavy atom. The summed E-state index contributed by atoms with van der Waals surface area (Å²) in [6.45, 7) is 9.15. The van der Waals surface area contributed by atoms with Gasteiger partial charge < -0.3 is 24.6 Å². The molecule has 0 aromatic heterocycles. The summed E-state index contributed by atoms with van der Waals surface area (Å²) in [5.74, 6) is 0.589. The average Bonchev–Trinajstić information content (AvgIpc) is 2.77. The second-order valence-corrected chi connectivity index (χ2v) is 9.03. The third-order valence-electron chi connectivity index (χ3n) is 6.36. The van der Waals surface area contributed by atoms with Crippen LogP contribution in [0.25, 0.3) is 0 Å².